The van der Waals surface area contributed by atoms with Crippen molar-refractivity contribution >= 4 is 5.91 Å². The summed E-state index contributed by atoms with van der Waals surface area (Å²) < 4.78 is 1.92. The Kier molecular flexibility index (Phi) is 3.22. The lowest BCUT2D eigenvalue weighted by molar-refractivity contribution is -0.137. The maximum absolute atomic E-state index is 12.8. The van der Waals surface area contributed by atoms with Gasteiger partial charge >= 0.3 is 0 Å². The van der Waals surface area contributed by atoms with E-state index in [9.17, 15) is 4.79 Å². The summed E-state index contributed by atoms with van der Waals surface area (Å²) in [5.74, 6) is 0.0696. The minimum atomic E-state index is -0.397. The Morgan fingerprint density at radius 3 is 2.67 bits per heavy atom. The summed E-state index contributed by atoms with van der Waals surface area (Å²) in [7, 11) is 0. The van der Waals surface area contributed by atoms with Gasteiger partial charge in [0.05, 0.1) is 30.2 Å². The van der Waals surface area contributed by atoms with Crippen molar-refractivity contribution in [1.29, 1.82) is 5.26 Å². The molecule has 1 aromatic heterocycles. The van der Waals surface area contributed by atoms with Gasteiger partial charge in [-0.05, 0) is 31.5 Å². The van der Waals surface area contributed by atoms with Crippen molar-refractivity contribution in [1.82, 2.24) is 14.5 Å². The summed E-state index contributed by atoms with van der Waals surface area (Å²) in [5, 5.41) is 8.89. The predicted molar refractivity (Wildman–Crippen MR) is 77.2 cm³/mol. The quantitative estimate of drug-likeness (QED) is 0.846. The number of benzene rings is 1. The molecule has 0 aliphatic carbocycles. The van der Waals surface area contributed by atoms with Gasteiger partial charge in [0.2, 0.25) is 0 Å². The Balaban J connectivity index is 2.07. The summed E-state index contributed by atoms with van der Waals surface area (Å²) in [6.45, 7) is 4.61. The fraction of sp³-hybridized carbons (Fsp3) is 0.312. The second-order valence-electron chi connectivity index (χ2n) is 5.49. The third kappa shape index (κ3) is 2.19. The zero-order chi connectivity index (χ0) is 15.0. The van der Waals surface area contributed by atoms with Crippen molar-refractivity contribution in [2.24, 2.45) is 0 Å². The molecule has 0 saturated carbocycles. The fourth-order valence-corrected chi connectivity index (χ4v) is 2.70. The molecule has 1 atom stereocenters. The van der Waals surface area contributed by atoms with Crippen LogP contribution in [-0.4, -0.2) is 26.4 Å². The topological polar surface area (TPSA) is 61.9 Å². The largest absolute Gasteiger partial charge is 0.332 e. The summed E-state index contributed by atoms with van der Waals surface area (Å²) in [6, 6.07) is 9.01. The van der Waals surface area contributed by atoms with Crippen molar-refractivity contribution in [3.8, 4) is 6.07 Å². The minimum Gasteiger partial charge on any atom is -0.332 e. The third-order valence-corrected chi connectivity index (χ3v) is 3.85. The summed E-state index contributed by atoms with van der Waals surface area (Å²) >= 11 is 0. The van der Waals surface area contributed by atoms with Crippen molar-refractivity contribution < 1.29 is 4.79 Å². The molecule has 1 aliphatic heterocycles. The van der Waals surface area contributed by atoms with Crippen LogP contribution in [0.5, 0.6) is 0 Å². The van der Waals surface area contributed by atoms with E-state index >= 15 is 0 Å². The first kappa shape index (κ1) is 13.4. The Morgan fingerprint density at radius 1 is 1.33 bits per heavy atom. The lowest BCUT2D eigenvalue weighted by atomic mass is 10.0. The van der Waals surface area contributed by atoms with Crippen molar-refractivity contribution in [3.63, 3.8) is 0 Å². The van der Waals surface area contributed by atoms with Crippen LogP contribution in [0.25, 0.3) is 0 Å². The molecule has 0 N–H and O–H groups in total. The molecule has 3 rings (SSSR count). The number of fused-ring (bicyclic) bond motifs is 1. The van der Waals surface area contributed by atoms with Crippen LogP contribution in [0.2, 0.25) is 0 Å². The number of aromatic nitrogens is 2. The lowest BCUT2D eigenvalue weighted by Gasteiger charge is -2.36. The number of imidazole rings is 1. The first-order valence-corrected chi connectivity index (χ1v) is 6.93. The molecule has 1 aromatic carbocycles. The van der Waals surface area contributed by atoms with E-state index in [1.54, 1.807) is 24.7 Å². The molecular weight excluding hydrogens is 264 g/mol. The number of hydrogen-bond acceptors (Lipinski definition) is 3. The molecule has 21 heavy (non-hydrogen) atoms. The van der Waals surface area contributed by atoms with E-state index in [0.717, 1.165) is 11.3 Å². The SMILES string of the molecule is CC(C)N1Cc2cncn2C(c2ccc(C#N)cc2)C1=O. The van der Waals surface area contributed by atoms with Gasteiger partial charge in [-0.1, -0.05) is 12.1 Å². The van der Waals surface area contributed by atoms with E-state index < -0.39 is 6.04 Å². The maximum atomic E-state index is 12.8. The van der Waals surface area contributed by atoms with Crippen molar-refractivity contribution in [3.05, 3.63) is 53.6 Å². The van der Waals surface area contributed by atoms with E-state index in [1.165, 1.54) is 0 Å². The van der Waals surface area contributed by atoms with E-state index in [1.807, 2.05) is 35.4 Å². The molecule has 2 heterocycles. The van der Waals surface area contributed by atoms with Gasteiger partial charge in [-0.15, -0.1) is 0 Å². The Bertz CT molecular complexity index is 709. The first-order chi connectivity index (χ1) is 10.1. The van der Waals surface area contributed by atoms with Crippen LogP contribution in [-0.2, 0) is 11.3 Å². The highest BCUT2D eigenvalue weighted by Crippen LogP contribution is 2.29. The molecule has 1 aliphatic rings. The average molecular weight is 280 g/mol. The molecule has 2 aromatic rings. The highest BCUT2D eigenvalue weighted by atomic mass is 16.2. The zero-order valence-electron chi connectivity index (χ0n) is 12.0. The zero-order valence-corrected chi connectivity index (χ0v) is 12.0. The van der Waals surface area contributed by atoms with Crippen LogP contribution in [0.15, 0.2) is 36.8 Å². The third-order valence-electron chi connectivity index (χ3n) is 3.85. The monoisotopic (exact) mass is 280 g/mol. The smallest absolute Gasteiger partial charge is 0.250 e. The van der Waals surface area contributed by atoms with Crippen LogP contribution >= 0.6 is 0 Å². The van der Waals surface area contributed by atoms with E-state index in [0.29, 0.717) is 12.1 Å². The van der Waals surface area contributed by atoms with Crippen molar-refractivity contribution in [2.45, 2.75) is 32.5 Å². The van der Waals surface area contributed by atoms with E-state index in [-0.39, 0.29) is 11.9 Å². The molecule has 0 fully saturated rings. The highest BCUT2D eigenvalue weighted by Gasteiger charge is 2.35. The van der Waals surface area contributed by atoms with Gasteiger partial charge in [0, 0.05) is 12.2 Å². The normalized spacial score (nSPS) is 17.7. The van der Waals surface area contributed by atoms with Crippen LogP contribution in [0, 0.1) is 11.3 Å². The molecule has 0 spiro atoms. The van der Waals surface area contributed by atoms with Crippen LogP contribution in [0.4, 0.5) is 0 Å². The minimum absolute atomic E-state index is 0.0696. The van der Waals surface area contributed by atoms with Gasteiger partial charge in [-0.25, -0.2) is 4.98 Å². The van der Waals surface area contributed by atoms with Gasteiger partial charge in [0.25, 0.3) is 5.91 Å². The summed E-state index contributed by atoms with van der Waals surface area (Å²) in [5.41, 5.74) is 2.50. The van der Waals surface area contributed by atoms with Crippen LogP contribution in [0.3, 0.4) is 0 Å². The second kappa shape index (κ2) is 5.06. The lowest BCUT2D eigenvalue weighted by Crippen LogP contribution is -2.46. The Labute approximate surface area is 123 Å². The molecule has 1 unspecified atom stereocenters. The van der Waals surface area contributed by atoms with Gasteiger partial charge < -0.3 is 9.47 Å². The Hall–Kier alpha value is -2.61. The molecule has 5 heteroatoms. The molecule has 5 nitrogen and oxygen atoms in total. The van der Waals surface area contributed by atoms with Gasteiger partial charge in [-0.3, -0.25) is 4.79 Å². The number of nitrogens with zero attached hydrogens (tertiary/aromatic N) is 4. The number of carbonyl (C=O) groups is 1. The fourth-order valence-electron chi connectivity index (χ4n) is 2.70. The van der Waals surface area contributed by atoms with Gasteiger partial charge in [0.1, 0.15) is 6.04 Å². The molecule has 0 radical (unpaired) electrons. The molecule has 106 valence electrons. The molecule has 0 saturated heterocycles. The summed E-state index contributed by atoms with van der Waals surface area (Å²) in [4.78, 5) is 18.8. The molecule has 0 bridgehead atoms. The average Bonchev–Trinajstić information content (AvgIpc) is 2.94. The van der Waals surface area contributed by atoms with Crippen molar-refractivity contribution in [2.75, 3.05) is 0 Å². The van der Waals surface area contributed by atoms with Crippen LogP contribution < -0.4 is 0 Å². The number of nitriles is 1. The van der Waals surface area contributed by atoms with Gasteiger partial charge in [-0.2, -0.15) is 5.26 Å². The number of hydrogen-bond donors (Lipinski definition) is 0. The van der Waals surface area contributed by atoms with Crippen LogP contribution in [0.1, 0.15) is 36.7 Å². The number of carbonyl (C=O) groups excluding carboxylic acids is 1. The number of rotatable bonds is 2. The van der Waals surface area contributed by atoms with E-state index in [2.05, 4.69) is 11.1 Å². The summed E-state index contributed by atoms with van der Waals surface area (Å²) in [6.07, 6.45) is 3.51. The van der Waals surface area contributed by atoms with E-state index in [4.69, 9.17) is 5.26 Å². The maximum Gasteiger partial charge on any atom is 0.250 e. The Morgan fingerprint density at radius 2 is 2.05 bits per heavy atom. The predicted octanol–water partition coefficient (Wildman–Crippen LogP) is 2.09. The first-order valence-electron chi connectivity index (χ1n) is 6.93. The standard InChI is InChI=1S/C16H16N4O/c1-11(2)19-9-14-8-18-10-20(14)15(16(19)21)13-5-3-12(7-17)4-6-13/h3-6,8,10-11,15H,9H2,1-2H3. The second-order valence-corrected chi connectivity index (χ2v) is 5.49. The van der Waals surface area contributed by atoms with Gasteiger partial charge in [0.15, 0.2) is 0 Å². The molecule has 1 amide bonds. The number of amides is 1. The highest BCUT2D eigenvalue weighted by molar-refractivity contribution is 5.85. The molecular formula is C16H16N4O.